The standard InChI is InChI=1S/C16H18N2O2/c1-12-8-13(2)10-15(9-12)20-7-6-18-16(19)14-4-3-5-17-11-14/h3-5,8-11H,6-7H2,1-2H3,(H,18,19). The molecule has 0 atom stereocenters. The lowest BCUT2D eigenvalue weighted by molar-refractivity contribution is 0.0946. The molecule has 104 valence electrons. The van der Waals surface area contributed by atoms with Gasteiger partial charge in [0.2, 0.25) is 0 Å². The minimum absolute atomic E-state index is 0.137. The summed E-state index contributed by atoms with van der Waals surface area (Å²) in [6.45, 7) is 4.96. The van der Waals surface area contributed by atoms with Crippen LogP contribution in [0.4, 0.5) is 0 Å². The zero-order valence-electron chi connectivity index (χ0n) is 11.7. The highest BCUT2D eigenvalue weighted by Crippen LogP contribution is 2.15. The third-order valence-corrected chi connectivity index (χ3v) is 2.78. The summed E-state index contributed by atoms with van der Waals surface area (Å²) in [5.41, 5.74) is 2.89. The number of carbonyl (C=O) groups excluding carboxylic acids is 1. The van der Waals surface area contributed by atoms with Gasteiger partial charge in [-0.3, -0.25) is 9.78 Å². The first-order valence-corrected chi connectivity index (χ1v) is 6.54. The molecule has 0 unspecified atom stereocenters. The van der Waals surface area contributed by atoms with Gasteiger partial charge in [-0.05, 0) is 49.2 Å². The molecule has 2 rings (SSSR count). The Hall–Kier alpha value is -2.36. The van der Waals surface area contributed by atoms with Crippen LogP contribution < -0.4 is 10.1 Å². The SMILES string of the molecule is Cc1cc(C)cc(OCCNC(=O)c2cccnc2)c1. The number of hydrogen-bond donors (Lipinski definition) is 1. The summed E-state index contributed by atoms with van der Waals surface area (Å²) < 4.78 is 5.62. The third-order valence-electron chi connectivity index (χ3n) is 2.78. The monoisotopic (exact) mass is 270 g/mol. The van der Waals surface area contributed by atoms with E-state index >= 15 is 0 Å². The lowest BCUT2D eigenvalue weighted by Crippen LogP contribution is -2.28. The van der Waals surface area contributed by atoms with Crippen LogP contribution in [0.2, 0.25) is 0 Å². The predicted molar refractivity (Wildman–Crippen MR) is 78.0 cm³/mol. The van der Waals surface area contributed by atoms with E-state index < -0.39 is 0 Å². The number of amides is 1. The van der Waals surface area contributed by atoms with E-state index in [4.69, 9.17) is 4.74 Å². The average Bonchev–Trinajstić information content (AvgIpc) is 2.43. The maximum Gasteiger partial charge on any atom is 0.252 e. The van der Waals surface area contributed by atoms with E-state index in [2.05, 4.69) is 16.4 Å². The number of aromatic nitrogens is 1. The highest BCUT2D eigenvalue weighted by atomic mass is 16.5. The summed E-state index contributed by atoms with van der Waals surface area (Å²) in [5, 5.41) is 2.79. The normalized spacial score (nSPS) is 10.1. The van der Waals surface area contributed by atoms with E-state index in [1.807, 2.05) is 26.0 Å². The molecule has 0 aliphatic heterocycles. The van der Waals surface area contributed by atoms with Crippen LogP contribution in [0.5, 0.6) is 5.75 Å². The molecule has 0 aliphatic rings. The number of nitrogens with one attached hydrogen (secondary N) is 1. The molecule has 1 heterocycles. The number of benzene rings is 1. The molecule has 0 saturated heterocycles. The van der Waals surface area contributed by atoms with Gasteiger partial charge < -0.3 is 10.1 Å². The highest BCUT2D eigenvalue weighted by Gasteiger charge is 2.04. The fourth-order valence-electron chi connectivity index (χ4n) is 1.95. The molecule has 0 radical (unpaired) electrons. The molecule has 0 saturated carbocycles. The van der Waals surface area contributed by atoms with Crippen molar-refractivity contribution < 1.29 is 9.53 Å². The lowest BCUT2D eigenvalue weighted by Gasteiger charge is -2.09. The molecule has 1 aromatic carbocycles. The Bertz CT molecular complexity index is 562. The largest absolute Gasteiger partial charge is 0.492 e. The Morgan fingerprint density at radius 3 is 2.65 bits per heavy atom. The van der Waals surface area contributed by atoms with E-state index in [9.17, 15) is 4.79 Å². The van der Waals surface area contributed by atoms with Crippen molar-refractivity contribution >= 4 is 5.91 Å². The second-order valence-corrected chi connectivity index (χ2v) is 4.67. The van der Waals surface area contributed by atoms with Crippen LogP contribution in [0.3, 0.4) is 0 Å². The van der Waals surface area contributed by atoms with E-state index in [1.165, 1.54) is 11.1 Å². The second kappa shape index (κ2) is 6.70. The van der Waals surface area contributed by atoms with Gasteiger partial charge in [0.1, 0.15) is 12.4 Å². The smallest absolute Gasteiger partial charge is 0.252 e. The number of aryl methyl sites for hydroxylation is 2. The van der Waals surface area contributed by atoms with Gasteiger partial charge in [0.15, 0.2) is 0 Å². The maximum absolute atomic E-state index is 11.8. The molecule has 2 aromatic rings. The fourth-order valence-corrected chi connectivity index (χ4v) is 1.95. The minimum atomic E-state index is -0.137. The summed E-state index contributed by atoms with van der Waals surface area (Å²) >= 11 is 0. The number of carbonyl (C=O) groups is 1. The van der Waals surface area contributed by atoms with Crippen molar-refractivity contribution in [2.45, 2.75) is 13.8 Å². The predicted octanol–water partition coefficient (Wildman–Crippen LogP) is 2.51. The zero-order valence-corrected chi connectivity index (χ0v) is 11.7. The van der Waals surface area contributed by atoms with Crippen LogP contribution in [-0.2, 0) is 0 Å². The lowest BCUT2D eigenvalue weighted by atomic mass is 10.1. The summed E-state index contributed by atoms with van der Waals surface area (Å²) in [6.07, 6.45) is 3.18. The highest BCUT2D eigenvalue weighted by molar-refractivity contribution is 5.93. The molecule has 0 spiro atoms. The first kappa shape index (κ1) is 14.1. The van der Waals surface area contributed by atoms with E-state index in [1.54, 1.807) is 24.5 Å². The van der Waals surface area contributed by atoms with Crippen molar-refractivity contribution in [1.29, 1.82) is 0 Å². The van der Waals surface area contributed by atoms with Gasteiger partial charge in [-0.2, -0.15) is 0 Å². The maximum atomic E-state index is 11.8. The molecule has 1 aromatic heterocycles. The quantitative estimate of drug-likeness (QED) is 0.849. The van der Waals surface area contributed by atoms with Gasteiger partial charge in [-0.1, -0.05) is 6.07 Å². The summed E-state index contributed by atoms with van der Waals surface area (Å²) in [6, 6.07) is 9.52. The molecule has 20 heavy (non-hydrogen) atoms. The van der Waals surface area contributed by atoms with Crippen molar-refractivity contribution in [3.05, 3.63) is 59.4 Å². The molecule has 4 heteroatoms. The summed E-state index contributed by atoms with van der Waals surface area (Å²) in [5.74, 6) is 0.695. The van der Waals surface area contributed by atoms with E-state index in [0.29, 0.717) is 18.7 Å². The molecule has 0 fully saturated rings. The Morgan fingerprint density at radius 1 is 1.25 bits per heavy atom. The number of rotatable bonds is 5. The van der Waals surface area contributed by atoms with Crippen molar-refractivity contribution in [1.82, 2.24) is 10.3 Å². The van der Waals surface area contributed by atoms with Crippen LogP contribution in [0, 0.1) is 13.8 Å². The van der Waals surface area contributed by atoms with Gasteiger partial charge in [0, 0.05) is 12.4 Å². The summed E-state index contributed by atoms with van der Waals surface area (Å²) in [7, 11) is 0. The summed E-state index contributed by atoms with van der Waals surface area (Å²) in [4.78, 5) is 15.7. The van der Waals surface area contributed by atoms with Gasteiger partial charge >= 0.3 is 0 Å². The van der Waals surface area contributed by atoms with Crippen molar-refractivity contribution in [3.8, 4) is 5.75 Å². The fraction of sp³-hybridized carbons (Fsp3) is 0.250. The molecule has 0 bridgehead atoms. The third kappa shape index (κ3) is 4.09. The van der Waals surface area contributed by atoms with Crippen LogP contribution in [-0.4, -0.2) is 24.0 Å². The molecular formula is C16H18N2O2. The number of pyridine rings is 1. The molecule has 1 amide bonds. The Labute approximate surface area is 118 Å². The van der Waals surface area contributed by atoms with E-state index in [-0.39, 0.29) is 5.91 Å². The molecular weight excluding hydrogens is 252 g/mol. The van der Waals surface area contributed by atoms with Crippen LogP contribution in [0.25, 0.3) is 0 Å². The van der Waals surface area contributed by atoms with Crippen molar-refractivity contribution in [3.63, 3.8) is 0 Å². The van der Waals surface area contributed by atoms with Gasteiger partial charge in [0.05, 0.1) is 12.1 Å². The average molecular weight is 270 g/mol. The Kier molecular flexibility index (Phi) is 4.71. The minimum Gasteiger partial charge on any atom is -0.492 e. The Morgan fingerprint density at radius 2 is 2.00 bits per heavy atom. The second-order valence-electron chi connectivity index (χ2n) is 4.67. The van der Waals surface area contributed by atoms with Crippen LogP contribution in [0.15, 0.2) is 42.7 Å². The zero-order chi connectivity index (χ0) is 14.4. The first-order valence-electron chi connectivity index (χ1n) is 6.54. The van der Waals surface area contributed by atoms with Gasteiger partial charge in [0.25, 0.3) is 5.91 Å². The Balaban J connectivity index is 1.78. The van der Waals surface area contributed by atoms with Gasteiger partial charge in [-0.25, -0.2) is 0 Å². The molecule has 1 N–H and O–H groups in total. The van der Waals surface area contributed by atoms with Crippen molar-refractivity contribution in [2.75, 3.05) is 13.2 Å². The molecule has 0 aliphatic carbocycles. The molecule has 4 nitrogen and oxygen atoms in total. The van der Waals surface area contributed by atoms with Gasteiger partial charge in [-0.15, -0.1) is 0 Å². The number of nitrogens with zero attached hydrogens (tertiary/aromatic N) is 1. The number of ether oxygens (including phenoxy) is 1. The topological polar surface area (TPSA) is 51.2 Å². The number of hydrogen-bond acceptors (Lipinski definition) is 3. The van der Waals surface area contributed by atoms with Crippen LogP contribution >= 0.6 is 0 Å². The van der Waals surface area contributed by atoms with Crippen molar-refractivity contribution in [2.24, 2.45) is 0 Å². The van der Waals surface area contributed by atoms with Crippen LogP contribution in [0.1, 0.15) is 21.5 Å². The first-order chi connectivity index (χ1) is 9.65. The van der Waals surface area contributed by atoms with E-state index in [0.717, 1.165) is 5.75 Å².